The predicted octanol–water partition coefficient (Wildman–Crippen LogP) is 1.57. The fourth-order valence-corrected chi connectivity index (χ4v) is 1.23. The van der Waals surface area contributed by atoms with Gasteiger partial charge in [0.1, 0.15) is 0 Å². The van der Waals surface area contributed by atoms with E-state index in [1.165, 1.54) is 5.69 Å². The molecule has 0 bridgehead atoms. The van der Waals surface area contributed by atoms with E-state index in [1.807, 2.05) is 23.0 Å². The van der Waals surface area contributed by atoms with E-state index in [0.29, 0.717) is 0 Å². The van der Waals surface area contributed by atoms with E-state index in [2.05, 4.69) is 23.9 Å². The lowest BCUT2D eigenvalue weighted by Crippen LogP contribution is -2.16. The Balaban J connectivity index is 2.44. The molecule has 3 heteroatoms. The lowest BCUT2D eigenvalue weighted by molar-refractivity contribution is 0.558. The van der Waals surface area contributed by atoms with Crippen LogP contribution in [-0.2, 0) is 13.1 Å². The molecule has 1 aromatic heterocycles. The zero-order valence-electron chi connectivity index (χ0n) is 8.16. The topological polar surface area (TPSA) is 29.9 Å². The summed E-state index contributed by atoms with van der Waals surface area (Å²) < 4.78 is 2.04. The van der Waals surface area contributed by atoms with Crippen LogP contribution in [0.15, 0.2) is 24.9 Å². The van der Waals surface area contributed by atoms with Crippen molar-refractivity contribution in [1.82, 2.24) is 15.1 Å². The summed E-state index contributed by atoms with van der Waals surface area (Å²) in [5, 5.41) is 7.49. The second-order valence-electron chi connectivity index (χ2n) is 2.97. The minimum atomic E-state index is 0.845. The normalized spacial score (nSPS) is 10.2. The summed E-state index contributed by atoms with van der Waals surface area (Å²) >= 11 is 0. The molecule has 1 heterocycles. The number of aromatic nitrogens is 2. The van der Waals surface area contributed by atoms with Crippen molar-refractivity contribution in [3.8, 4) is 0 Å². The van der Waals surface area contributed by atoms with Crippen molar-refractivity contribution in [2.75, 3.05) is 6.54 Å². The Morgan fingerprint density at radius 3 is 3.23 bits per heavy atom. The van der Waals surface area contributed by atoms with Gasteiger partial charge in [-0.3, -0.25) is 4.68 Å². The zero-order valence-corrected chi connectivity index (χ0v) is 8.16. The van der Waals surface area contributed by atoms with E-state index in [0.717, 1.165) is 26.1 Å². The average molecular weight is 179 g/mol. The van der Waals surface area contributed by atoms with Crippen LogP contribution in [0.1, 0.15) is 19.0 Å². The van der Waals surface area contributed by atoms with Crippen molar-refractivity contribution in [2.24, 2.45) is 0 Å². The monoisotopic (exact) mass is 179 g/mol. The molecule has 13 heavy (non-hydrogen) atoms. The third kappa shape index (κ3) is 3.03. The maximum atomic E-state index is 4.24. The van der Waals surface area contributed by atoms with Crippen LogP contribution in [-0.4, -0.2) is 16.3 Å². The molecular formula is C10H17N3. The molecule has 0 spiro atoms. The van der Waals surface area contributed by atoms with Gasteiger partial charge in [-0.25, -0.2) is 0 Å². The van der Waals surface area contributed by atoms with Crippen molar-refractivity contribution < 1.29 is 0 Å². The smallest absolute Gasteiger partial charge is 0.0522 e. The Hall–Kier alpha value is -1.09. The molecule has 0 unspecified atom stereocenters. The van der Waals surface area contributed by atoms with Gasteiger partial charge in [0.05, 0.1) is 5.69 Å². The van der Waals surface area contributed by atoms with Gasteiger partial charge in [0.25, 0.3) is 0 Å². The average Bonchev–Trinajstić information content (AvgIpc) is 2.54. The Morgan fingerprint density at radius 1 is 1.69 bits per heavy atom. The second kappa shape index (κ2) is 5.54. The Morgan fingerprint density at radius 2 is 2.54 bits per heavy atom. The van der Waals surface area contributed by atoms with Crippen molar-refractivity contribution in [3.05, 3.63) is 30.6 Å². The molecule has 0 aliphatic heterocycles. The van der Waals surface area contributed by atoms with Crippen molar-refractivity contribution in [2.45, 2.75) is 26.4 Å². The maximum Gasteiger partial charge on any atom is 0.0522 e. The molecule has 0 fully saturated rings. The molecule has 3 nitrogen and oxygen atoms in total. The first-order valence-electron chi connectivity index (χ1n) is 4.70. The molecule has 0 saturated carbocycles. The van der Waals surface area contributed by atoms with Crippen LogP contribution in [0.25, 0.3) is 0 Å². The van der Waals surface area contributed by atoms with Crippen LogP contribution < -0.4 is 5.32 Å². The quantitative estimate of drug-likeness (QED) is 0.530. The lowest BCUT2D eigenvalue weighted by Gasteiger charge is -2.05. The van der Waals surface area contributed by atoms with Crippen molar-refractivity contribution in [1.29, 1.82) is 0 Å². The van der Waals surface area contributed by atoms with E-state index in [9.17, 15) is 0 Å². The highest BCUT2D eigenvalue weighted by Crippen LogP contribution is 1.99. The largest absolute Gasteiger partial charge is 0.308 e. The summed E-state index contributed by atoms with van der Waals surface area (Å²) in [4.78, 5) is 0. The first kappa shape index (κ1) is 9.99. The first-order valence-corrected chi connectivity index (χ1v) is 4.70. The van der Waals surface area contributed by atoms with Crippen LogP contribution >= 0.6 is 0 Å². The number of nitrogens with one attached hydrogen (secondary N) is 1. The molecule has 0 radical (unpaired) electrons. The molecule has 0 amide bonds. The number of rotatable bonds is 6. The van der Waals surface area contributed by atoms with Gasteiger partial charge in [0.15, 0.2) is 0 Å². The van der Waals surface area contributed by atoms with Crippen LogP contribution in [0.3, 0.4) is 0 Å². The minimum Gasteiger partial charge on any atom is -0.308 e. The Kier molecular flexibility index (Phi) is 4.26. The minimum absolute atomic E-state index is 0.845. The third-order valence-electron chi connectivity index (χ3n) is 1.83. The summed E-state index contributed by atoms with van der Waals surface area (Å²) in [6.07, 6.45) is 4.83. The lowest BCUT2D eigenvalue weighted by atomic mass is 10.4. The molecule has 1 rings (SSSR count). The SMILES string of the molecule is C=CCNCc1ccnn1CCC. The van der Waals surface area contributed by atoms with Gasteiger partial charge in [-0.15, -0.1) is 6.58 Å². The molecule has 72 valence electrons. The first-order chi connectivity index (χ1) is 6.38. The van der Waals surface area contributed by atoms with Gasteiger partial charge >= 0.3 is 0 Å². The molecule has 0 aromatic carbocycles. The van der Waals surface area contributed by atoms with Gasteiger partial charge in [0.2, 0.25) is 0 Å². The molecule has 1 aromatic rings. The standard InChI is InChI=1S/C10H17N3/c1-3-6-11-9-10-5-7-12-13(10)8-4-2/h3,5,7,11H,1,4,6,8-9H2,2H3. The summed E-state index contributed by atoms with van der Waals surface area (Å²) in [6.45, 7) is 8.52. The van der Waals surface area contributed by atoms with Crippen LogP contribution in [0, 0.1) is 0 Å². The second-order valence-corrected chi connectivity index (χ2v) is 2.97. The highest BCUT2D eigenvalue weighted by molar-refractivity contribution is 5.00. The number of hydrogen-bond donors (Lipinski definition) is 1. The summed E-state index contributed by atoms with van der Waals surface area (Å²) in [5.41, 5.74) is 1.24. The number of nitrogens with zero attached hydrogens (tertiary/aromatic N) is 2. The van der Waals surface area contributed by atoms with Gasteiger partial charge in [-0.05, 0) is 12.5 Å². The van der Waals surface area contributed by atoms with Crippen LogP contribution in [0.4, 0.5) is 0 Å². The highest BCUT2D eigenvalue weighted by Gasteiger charge is 1.99. The Bertz CT molecular complexity index is 252. The summed E-state index contributed by atoms with van der Waals surface area (Å²) in [5.74, 6) is 0. The molecule has 0 atom stereocenters. The van der Waals surface area contributed by atoms with E-state index in [1.54, 1.807) is 0 Å². The van der Waals surface area contributed by atoms with Gasteiger partial charge in [0, 0.05) is 25.8 Å². The van der Waals surface area contributed by atoms with Gasteiger partial charge in [-0.2, -0.15) is 5.10 Å². The van der Waals surface area contributed by atoms with E-state index >= 15 is 0 Å². The van der Waals surface area contributed by atoms with E-state index < -0.39 is 0 Å². The van der Waals surface area contributed by atoms with Crippen LogP contribution in [0.5, 0.6) is 0 Å². The fourth-order valence-electron chi connectivity index (χ4n) is 1.23. The zero-order chi connectivity index (χ0) is 9.52. The summed E-state index contributed by atoms with van der Waals surface area (Å²) in [7, 11) is 0. The number of aryl methyl sites for hydroxylation is 1. The Labute approximate surface area is 79.5 Å². The van der Waals surface area contributed by atoms with Gasteiger partial charge in [-0.1, -0.05) is 13.0 Å². The molecule has 1 N–H and O–H groups in total. The van der Waals surface area contributed by atoms with Gasteiger partial charge < -0.3 is 5.32 Å². The molecule has 0 aliphatic rings. The molecular weight excluding hydrogens is 162 g/mol. The summed E-state index contributed by atoms with van der Waals surface area (Å²) in [6, 6.07) is 2.05. The third-order valence-corrected chi connectivity index (χ3v) is 1.83. The molecule has 0 aliphatic carbocycles. The predicted molar refractivity (Wildman–Crippen MR) is 54.4 cm³/mol. The van der Waals surface area contributed by atoms with E-state index in [-0.39, 0.29) is 0 Å². The highest BCUT2D eigenvalue weighted by atomic mass is 15.3. The van der Waals surface area contributed by atoms with Crippen molar-refractivity contribution in [3.63, 3.8) is 0 Å². The molecule has 0 saturated heterocycles. The fraction of sp³-hybridized carbons (Fsp3) is 0.500. The van der Waals surface area contributed by atoms with E-state index in [4.69, 9.17) is 0 Å². The maximum absolute atomic E-state index is 4.24. The number of hydrogen-bond acceptors (Lipinski definition) is 2. The van der Waals surface area contributed by atoms with Crippen molar-refractivity contribution >= 4 is 0 Å². The van der Waals surface area contributed by atoms with Crippen LogP contribution in [0.2, 0.25) is 0 Å².